The van der Waals surface area contributed by atoms with Gasteiger partial charge in [0.1, 0.15) is 5.69 Å². The number of esters is 1. The van der Waals surface area contributed by atoms with Crippen LogP contribution in [0.3, 0.4) is 0 Å². The summed E-state index contributed by atoms with van der Waals surface area (Å²) in [4.78, 5) is 24.0. The lowest BCUT2D eigenvalue weighted by Crippen LogP contribution is -2.30. The van der Waals surface area contributed by atoms with Crippen molar-refractivity contribution in [3.05, 3.63) is 52.3 Å². The summed E-state index contributed by atoms with van der Waals surface area (Å²) in [5.41, 5.74) is 0.723. The maximum absolute atomic E-state index is 12.1. The Labute approximate surface area is 137 Å². The van der Waals surface area contributed by atoms with Gasteiger partial charge in [0.15, 0.2) is 6.10 Å². The second kappa shape index (κ2) is 6.85. The molecule has 0 fully saturated rings. The molecule has 0 bridgehead atoms. The number of benzene rings is 1. The fourth-order valence-electron chi connectivity index (χ4n) is 1.78. The third kappa shape index (κ3) is 3.61. The van der Waals surface area contributed by atoms with E-state index in [1.54, 1.807) is 48.1 Å². The van der Waals surface area contributed by atoms with Gasteiger partial charge < -0.3 is 14.6 Å². The fourth-order valence-corrected chi connectivity index (χ4v) is 2.13. The van der Waals surface area contributed by atoms with Crippen LogP contribution in [0.25, 0.3) is 0 Å². The molecule has 1 amide bonds. The van der Waals surface area contributed by atoms with Gasteiger partial charge >= 0.3 is 5.97 Å². The Kier molecular flexibility index (Phi) is 5.11. The molecule has 1 aromatic carbocycles. The Morgan fingerprint density at radius 1 is 1.23 bits per heavy atom. The Balaban J connectivity index is 2.02. The summed E-state index contributed by atoms with van der Waals surface area (Å²) in [6, 6.07) is 8.20. The van der Waals surface area contributed by atoms with Crippen LogP contribution in [0.4, 0.5) is 5.69 Å². The summed E-state index contributed by atoms with van der Waals surface area (Å²) in [5, 5.41) is 3.14. The average molecular weight is 341 g/mol. The number of aryl methyl sites for hydroxylation is 1. The molecule has 0 aliphatic rings. The van der Waals surface area contributed by atoms with Crippen molar-refractivity contribution in [2.75, 3.05) is 5.32 Å². The Hall–Kier alpha value is -1.98. The first-order valence-electron chi connectivity index (χ1n) is 6.47. The van der Waals surface area contributed by atoms with Crippen molar-refractivity contribution < 1.29 is 14.3 Å². The zero-order chi connectivity index (χ0) is 16.3. The topological polar surface area (TPSA) is 60.3 Å². The quantitative estimate of drug-likeness (QED) is 0.866. The van der Waals surface area contributed by atoms with Gasteiger partial charge in [-0.3, -0.25) is 4.79 Å². The molecule has 2 aromatic rings. The van der Waals surface area contributed by atoms with Crippen molar-refractivity contribution >= 4 is 40.8 Å². The molecule has 1 heterocycles. The molecule has 0 aliphatic carbocycles. The van der Waals surface area contributed by atoms with Gasteiger partial charge in [0.2, 0.25) is 0 Å². The second-order valence-corrected chi connectivity index (χ2v) is 5.43. The molecular formula is C15H14Cl2N2O3. The number of amides is 1. The molecule has 1 N–H and O–H groups in total. The summed E-state index contributed by atoms with van der Waals surface area (Å²) in [6.45, 7) is 1.48. The lowest BCUT2D eigenvalue weighted by molar-refractivity contribution is -0.123. The van der Waals surface area contributed by atoms with E-state index in [1.165, 1.54) is 6.92 Å². The molecular weight excluding hydrogens is 327 g/mol. The maximum atomic E-state index is 12.1. The van der Waals surface area contributed by atoms with E-state index in [1.807, 2.05) is 0 Å². The average Bonchev–Trinajstić information content (AvgIpc) is 2.90. The number of halogens is 2. The number of carbonyl (C=O) groups is 2. The summed E-state index contributed by atoms with van der Waals surface area (Å²) in [6.07, 6.45) is 0.741. The SMILES string of the molecule is C[C@@H](OC(=O)c1cccn1C)C(=O)Nc1cccc(Cl)c1Cl. The first kappa shape index (κ1) is 16.4. The number of hydrogen-bond donors (Lipinski definition) is 1. The lowest BCUT2D eigenvalue weighted by atomic mass is 10.3. The number of nitrogens with zero attached hydrogens (tertiary/aromatic N) is 1. The fraction of sp³-hybridized carbons (Fsp3) is 0.200. The predicted molar refractivity (Wildman–Crippen MR) is 85.4 cm³/mol. The third-order valence-corrected chi connectivity index (χ3v) is 3.83. The van der Waals surface area contributed by atoms with Crippen molar-refractivity contribution in [3.8, 4) is 0 Å². The van der Waals surface area contributed by atoms with Gasteiger partial charge in [-0.25, -0.2) is 4.79 Å². The van der Waals surface area contributed by atoms with E-state index in [0.717, 1.165) is 0 Å². The van der Waals surface area contributed by atoms with Gasteiger partial charge in [-0.2, -0.15) is 0 Å². The first-order valence-corrected chi connectivity index (χ1v) is 7.23. The van der Waals surface area contributed by atoms with Crippen LogP contribution < -0.4 is 5.32 Å². The lowest BCUT2D eigenvalue weighted by Gasteiger charge is -2.14. The second-order valence-electron chi connectivity index (χ2n) is 4.64. The van der Waals surface area contributed by atoms with Crippen molar-refractivity contribution in [2.24, 2.45) is 7.05 Å². The van der Waals surface area contributed by atoms with Crippen LogP contribution in [0.2, 0.25) is 10.0 Å². The largest absolute Gasteiger partial charge is 0.448 e. The van der Waals surface area contributed by atoms with E-state index in [-0.39, 0.29) is 5.02 Å². The van der Waals surface area contributed by atoms with E-state index in [9.17, 15) is 9.59 Å². The minimum atomic E-state index is -0.975. The van der Waals surface area contributed by atoms with Crippen LogP contribution in [0.1, 0.15) is 17.4 Å². The zero-order valence-corrected chi connectivity index (χ0v) is 13.5. The van der Waals surface area contributed by atoms with Gasteiger partial charge in [-0.05, 0) is 31.2 Å². The van der Waals surface area contributed by atoms with E-state index in [2.05, 4.69) is 5.32 Å². The standard InChI is InChI=1S/C15H14Cl2N2O3/c1-9(22-15(21)12-7-4-8-19(12)2)14(20)18-11-6-3-5-10(16)13(11)17/h3-9H,1-2H3,(H,18,20)/t9-/m1/s1. The monoisotopic (exact) mass is 340 g/mol. The van der Waals surface area contributed by atoms with E-state index < -0.39 is 18.0 Å². The highest BCUT2D eigenvalue weighted by Crippen LogP contribution is 2.29. The molecule has 0 saturated carbocycles. The van der Waals surface area contributed by atoms with Crippen molar-refractivity contribution in [1.29, 1.82) is 0 Å². The predicted octanol–water partition coefficient (Wildman–Crippen LogP) is 3.52. The van der Waals surface area contributed by atoms with Gasteiger partial charge in [-0.15, -0.1) is 0 Å². The number of anilines is 1. The summed E-state index contributed by atoms with van der Waals surface area (Å²) in [5.74, 6) is -1.07. The zero-order valence-electron chi connectivity index (χ0n) is 12.0. The van der Waals surface area contributed by atoms with Gasteiger partial charge in [0.05, 0.1) is 15.7 Å². The van der Waals surface area contributed by atoms with Gasteiger partial charge in [-0.1, -0.05) is 29.3 Å². The Morgan fingerprint density at radius 2 is 1.95 bits per heavy atom. The minimum Gasteiger partial charge on any atom is -0.448 e. The highest BCUT2D eigenvalue weighted by Gasteiger charge is 2.21. The number of hydrogen-bond acceptors (Lipinski definition) is 3. The third-order valence-electron chi connectivity index (χ3n) is 3.02. The first-order chi connectivity index (χ1) is 10.4. The van der Waals surface area contributed by atoms with Crippen molar-refractivity contribution in [3.63, 3.8) is 0 Å². The number of ether oxygens (including phenoxy) is 1. The van der Waals surface area contributed by atoms with Crippen LogP contribution in [0, 0.1) is 0 Å². The smallest absolute Gasteiger partial charge is 0.355 e. The number of carbonyl (C=O) groups excluding carboxylic acids is 2. The molecule has 5 nitrogen and oxygen atoms in total. The Bertz CT molecular complexity index is 713. The molecule has 2 rings (SSSR count). The maximum Gasteiger partial charge on any atom is 0.355 e. The van der Waals surface area contributed by atoms with Gasteiger partial charge in [0, 0.05) is 13.2 Å². The molecule has 22 heavy (non-hydrogen) atoms. The van der Waals surface area contributed by atoms with E-state index in [0.29, 0.717) is 16.4 Å². The molecule has 1 aromatic heterocycles. The molecule has 0 aliphatic heterocycles. The molecule has 1 atom stereocenters. The van der Waals surface area contributed by atoms with Gasteiger partial charge in [0.25, 0.3) is 5.91 Å². The summed E-state index contributed by atoms with van der Waals surface area (Å²) >= 11 is 11.9. The molecule has 7 heteroatoms. The van der Waals surface area contributed by atoms with E-state index in [4.69, 9.17) is 27.9 Å². The van der Waals surface area contributed by atoms with Crippen LogP contribution in [0.5, 0.6) is 0 Å². The molecule has 0 saturated heterocycles. The van der Waals surface area contributed by atoms with Crippen LogP contribution >= 0.6 is 23.2 Å². The van der Waals surface area contributed by atoms with E-state index >= 15 is 0 Å². The highest BCUT2D eigenvalue weighted by molar-refractivity contribution is 6.44. The number of rotatable bonds is 4. The molecule has 0 unspecified atom stereocenters. The van der Waals surface area contributed by atoms with Crippen molar-refractivity contribution in [1.82, 2.24) is 4.57 Å². The molecule has 116 valence electrons. The number of aromatic nitrogens is 1. The minimum absolute atomic E-state index is 0.235. The Morgan fingerprint density at radius 3 is 2.59 bits per heavy atom. The summed E-state index contributed by atoms with van der Waals surface area (Å²) < 4.78 is 6.74. The molecule has 0 spiro atoms. The van der Waals surface area contributed by atoms with Crippen molar-refractivity contribution in [2.45, 2.75) is 13.0 Å². The number of nitrogens with one attached hydrogen (secondary N) is 1. The normalized spacial score (nSPS) is 11.8. The van der Waals surface area contributed by atoms with Crippen LogP contribution in [0.15, 0.2) is 36.5 Å². The molecule has 0 radical (unpaired) electrons. The van der Waals surface area contributed by atoms with Crippen LogP contribution in [-0.4, -0.2) is 22.5 Å². The highest BCUT2D eigenvalue weighted by atomic mass is 35.5. The summed E-state index contributed by atoms with van der Waals surface area (Å²) in [7, 11) is 1.72. The van der Waals surface area contributed by atoms with Crippen LogP contribution in [-0.2, 0) is 16.6 Å².